The zero-order valence-electron chi connectivity index (χ0n) is 14.0. The Morgan fingerprint density at radius 2 is 1.79 bits per heavy atom. The highest BCUT2D eigenvalue weighted by molar-refractivity contribution is 7.88. The maximum absolute atomic E-state index is 12.2. The lowest BCUT2D eigenvalue weighted by Gasteiger charge is -2.16. The number of hydrogen-bond acceptors (Lipinski definition) is 5. The van der Waals surface area contributed by atoms with Crippen molar-refractivity contribution in [2.75, 3.05) is 6.61 Å². The second-order valence-corrected chi connectivity index (χ2v) is 7.57. The van der Waals surface area contributed by atoms with Crippen molar-refractivity contribution in [1.29, 1.82) is 0 Å². The topological polar surface area (TPSA) is 110 Å². The number of aliphatic carboxylic acids is 1. The number of carbonyl (C=O) groups excluding carboxylic acids is 1. The van der Waals surface area contributed by atoms with Crippen LogP contribution in [0.1, 0.15) is 43.1 Å². The van der Waals surface area contributed by atoms with Crippen LogP contribution in [0.5, 0.6) is 0 Å². The van der Waals surface area contributed by atoms with E-state index in [2.05, 4.69) is 4.72 Å². The highest BCUT2D eigenvalue weighted by Crippen LogP contribution is 2.11. The zero-order valence-corrected chi connectivity index (χ0v) is 14.8. The van der Waals surface area contributed by atoms with Crippen molar-refractivity contribution in [1.82, 2.24) is 4.72 Å². The van der Waals surface area contributed by atoms with Gasteiger partial charge in [0.15, 0.2) is 0 Å². The minimum Gasteiger partial charge on any atom is -0.480 e. The molecule has 0 radical (unpaired) electrons. The van der Waals surface area contributed by atoms with E-state index in [0.29, 0.717) is 11.1 Å². The molecule has 1 atom stereocenters. The van der Waals surface area contributed by atoms with Crippen LogP contribution in [-0.4, -0.2) is 38.1 Å². The minimum absolute atomic E-state index is 0.0395. The molecule has 0 heterocycles. The van der Waals surface area contributed by atoms with Gasteiger partial charge < -0.3 is 9.84 Å². The Hall–Kier alpha value is -1.93. The van der Waals surface area contributed by atoms with Gasteiger partial charge in [-0.25, -0.2) is 17.9 Å². The maximum Gasteiger partial charge on any atom is 0.338 e. The molecule has 0 spiro atoms. The third kappa shape index (κ3) is 6.67. The molecule has 24 heavy (non-hydrogen) atoms. The second kappa shape index (κ2) is 8.79. The van der Waals surface area contributed by atoms with Crippen LogP contribution in [-0.2, 0) is 25.3 Å². The first kappa shape index (κ1) is 20.1. The van der Waals surface area contributed by atoms with E-state index in [1.165, 1.54) is 24.3 Å². The van der Waals surface area contributed by atoms with Crippen molar-refractivity contribution in [3.05, 3.63) is 35.4 Å². The molecular formula is C16H23NO6S. The molecule has 0 aromatic heterocycles. The number of carboxylic acid groups (broad SMARTS) is 1. The highest BCUT2D eigenvalue weighted by Gasteiger charge is 2.25. The van der Waals surface area contributed by atoms with Gasteiger partial charge in [-0.15, -0.1) is 0 Å². The summed E-state index contributed by atoms with van der Waals surface area (Å²) < 4.78 is 31.4. The number of sulfonamides is 1. The minimum atomic E-state index is -3.81. The zero-order chi connectivity index (χ0) is 18.3. The average molecular weight is 357 g/mol. The molecule has 8 heteroatoms. The fourth-order valence-electron chi connectivity index (χ4n) is 2.10. The number of rotatable bonds is 9. The molecule has 0 aliphatic heterocycles. The Balaban J connectivity index is 2.79. The maximum atomic E-state index is 12.2. The molecule has 0 aliphatic rings. The molecule has 7 nitrogen and oxygen atoms in total. The number of carbonyl (C=O) groups is 2. The van der Waals surface area contributed by atoms with Crippen molar-refractivity contribution in [2.45, 2.75) is 39.0 Å². The van der Waals surface area contributed by atoms with Crippen LogP contribution >= 0.6 is 0 Å². The van der Waals surface area contributed by atoms with Gasteiger partial charge in [0.2, 0.25) is 10.0 Å². The van der Waals surface area contributed by atoms with Crippen LogP contribution in [0.2, 0.25) is 0 Å². The van der Waals surface area contributed by atoms with Gasteiger partial charge in [0.05, 0.1) is 17.9 Å². The summed E-state index contributed by atoms with van der Waals surface area (Å²) >= 11 is 0. The van der Waals surface area contributed by atoms with Crippen LogP contribution < -0.4 is 4.72 Å². The van der Waals surface area contributed by atoms with Crippen molar-refractivity contribution in [3.8, 4) is 0 Å². The van der Waals surface area contributed by atoms with Gasteiger partial charge in [-0.3, -0.25) is 4.79 Å². The van der Waals surface area contributed by atoms with Gasteiger partial charge in [0, 0.05) is 0 Å². The second-order valence-electron chi connectivity index (χ2n) is 5.81. The molecule has 134 valence electrons. The summed E-state index contributed by atoms with van der Waals surface area (Å²) in [4.78, 5) is 22.7. The normalized spacial score (nSPS) is 12.8. The van der Waals surface area contributed by atoms with E-state index in [9.17, 15) is 18.0 Å². The lowest BCUT2D eigenvalue weighted by atomic mass is 10.1. The molecular weight excluding hydrogens is 334 g/mol. The fourth-order valence-corrected chi connectivity index (χ4v) is 3.45. The Morgan fingerprint density at radius 3 is 2.25 bits per heavy atom. The molecule has 0 amide bonds. The van der Waals surface area contributed by atoms with E-state index in [1.807, 2.05) is 13.8 Å². The monoisotopic (exact) mass is 357 g/mol. The largest absolute Gasteiger partial charge is 0.480 e. The van der Waals surface area contributed by atoms with Gasteiger partial charge in [0.25, 0.3) is 0 Å². The third-order valence-electron chi connectivity index (χ3n) is 3.15. The molecule has 0 fully saturated rings. The van der Waals surface area contributed by atoms with Gasteiger partial charge in [-0.1, -0.05) is 26.0 Å². The summed E-state index contributed by atoms with van der Waals surface area (Å²) in [7, 11) is -3.81. The lowest BCUT2D eigenvalue weighted by Crippen LogP contribution is -2.42. The summed E-state index contributed by atoms with van der Waals surface area (Å²) in [5.41, 5.74) is 0.776. The standard InChI is InChI=1S/C16H23NO6S/c1-4-23-16(20)13-7-5-12(6-8-13)10-24(21,22)17-14(15(18)19)9-11(2)3/h5-8,11,14,17H,4,9-10H2,1-3H3,(H,18,19)/t14-/m0/s1. The van der Waals surface area contributed by atoms with E-state index < -0.39 is 28.0 Å². The van der Waals surface area contributed by atoms with Gasteiger partial charge >= 0.3 is 11.9 Å². The van der Waals surface area contributed by atoms with Crippen LogP contribution in [0, 0.1) is 5.92 Å². The summed E-state index contributed by atoms with van der Waals surface area (Å²) in [5.74, 6) is -2.01. The summed E-state index contributed by atoms with van der Waals surface area (Å²) in [6, 6.07) is 4.80. The lowest BCUT2D eigenvalue weighted by molar-refractivity contribution is -0.139. The quantitative estimate of drug-likeness (QED) is 0.652. The van der Waals surface area contributed by atoms with Crippen molar-refractivity contribution in [3.63, 3.8) is 0 Å². The van der Waals surface area contributed by atoms with E-state index in [4.69, 9.17) is 9.84 Å². The predicted molar refractivity (Wildman–Crippen MR) is 89.0 cm³/mol. The molecule has 0 bridgehead atoms. The molecule has 0 saturated heterocycles. The molecule has 0 aliphatic carbocycles. The van der Waals surface area contributed by atoms with E-state index in [-0.39, 0.29) is 24.7 Å². The molecule has 1 rings (SSSR count). The van der Waals surface area contributed by atoms with Crippen LogP contribution in [0.4, 0.5) is 0 Å². The van der Waals surface area contributed by atoms with Crippen LogP contribution in [0.25, 0.3) is 0 Å². The number of hydrogen-bond donors (Lipinski definition) is 2. The first-order valence-electron chi connectivity index (χ1n) is 7.63. The van der Waals surface area contributed by atoms with E-state index in [0.717, 1.165) is 0 Å². The Kier molecular flexibility index (Phi) is 7.37. The molecule has 1 aromatic rings. The Labute approximate surface area is 142 Å². The molecule has 0 unspecified atom stereocenters. The number of nitrogens with one attached hydrogen (secondary N) is 1. The van der Waals surface area contributed by atoms with E-state index in [1.54, 1.807) is 6.92 Å². The number of esters is 1. The van der Waals surface area contributed by atoms with Crippen molar-refractivity contribution < 1.29 is 27.9 Å². The van der Waals surface area contributed by atoms with Gasteiger partial charge in [0.1, 0.15) is 6.04 Å². The van der Waals surface area contributed by atoms with Gasteiger partial charge in [-0.05, 0) is 37.0 Å². The third-order valence-corrected chi connectivity index (χ3v) is 4.51. The van der Waals surface area contributed by atoms with Gasteiger partial charge in [-0.2, -0.15) is 0 Å². The fraction of sp³-hybridized carbons (Fsp3) is 0.500. The Morgan fingerprint density at radius 1 is 1.21 bits per heavy atom. The van der Waals surface area contributed by atoms with Crippen molar-refractivity contribution >= 4 is 22.0 Å². The number of benzene rings is 1. The SMILES string of the molecule is CCOC(=O)c1ccc(CS(=O)(=O)N[C@@H](CC(C)C)C(=O)O)cc1. The summed E-state index contributed by atoms with van der Waals surface area (Å²) in [6.45, 7) is 5.59. The molecule has 0 saturated carbocycles. The van der Waals surface area contributed by atoms with E-state index >= 15 is 0 Å². The number of ether oxygens (including phenoxy) is 1. The highest BCUT2D eigenvalue weighted by atomic mass is 32.2. The van der Waals surface area contributed by atoms with Crippen molar-refractivity contribution in [2.24, 2.45) is 5.92 Å². The number of carboxylic acids is 1. The molecule has 1 aromatic carbocycles. The average Bonchev–Trinajstić information content (AvgIpc) is 2.46. The predicted octanol–water partition coefficient (Wildman–Crippen LogP) is 1.78. The smallest absolute Gasteiger partial charge is 0.338 e. The summed E-state index contributed by atoms with van der Waals surface area (Å²) in [6.07, 6.45) is 0.205. The Bertz CT molecular complexity index is 666. The van der Waals surface area contributed by atoms with Crippen LogP contribution in [0.15, 0.2) is 24.3 Å². The first-order valence-corrected chi connectivity index (χ1v) is 9.28. The first-order chi connectivity index (χ1) is 11.1. The molecule has 2 N–H and O–H groups in total. The summed E-state index contributed by atoms with van der Waals surface area (Å²) in [5, 5.41) is 9.12. The van der Waals surface area contributed by atoms with Crippen LogP contribution in [0.3, 0.4) is 0 Å².